The number of anilines is 1. The molecule has 26 heavy (non-hydrogen) atoms. The van der Waals surface area contributed by atoms with Crippen LogP contribution < -0.4 is 10.2 Å². The molecule has 136 valence electrons. The number of carbonyl (C=O) groups excluding carboxylic acids is 1. The van der Waals surface area contributed by atoms with Crippen molar-refractivity contribution in [3.63, 3.8) is 0 Å². The second-order valence-electron chi connectivity index (χ2n) is 5.93. The fourth-order valence-corrected chi connectivity index (χ4v) is 6.87. The van der Waals surface area contributed by atoms with Gasteiger partial charge in [0, 0.05) is 17.5 Å². The van der Waals surface area contributed by atoms with Crippen molar-refractivity contribution in [3.8, 4) is 6.07 Å². The highest BCUT2D eigenvalue weighted by molar-refractivity contribution is 8.16. The number of nitrogens with zero attached hydrogens (tertiary/aromatic N) is 3. The Hall–Kier alpha value is -2.31. The van der Waals surface area contributed by atoms with Crippen molar-refractivity contribution in [2.45, 2.75) is 18.2 Å². The lowest BCUT2D eigenvalue weighted by molar-refractivity contribution is -0.117. The third kappa shape index (κ3) is 3.76. The molecule has 2 aliphatic rings. The number of carbonyl (C=O) groups is 1. The van der Waals surface area contributed by atoms with Crippen LogP contribution in [0.1, 0.15) is 6.92 Å². The minimum absolute atomic E-state index is 0.0731. The molecule has 0 radical (unpaired) electrons. The molecule has 0 bridgehead atoms. The van der Waals surface area contributed by atoms with E-state index in [1.807, 2.05) is 41.3 Å². The molecule has 7 nitrogen and oxygen atoms in total. The highest BCUT2D eigenvalue weighted by atomic mass is 32.2. The fraction of sp³-hybridized carbons (Fsp3) is 0.353. The monoisotopic (exact) mass is 390 g/mol. The lowest BCUT2D eigenvalue weighted by Crippen LogP contribution is -2.37. The Morgan fingerprint density at radius 3 is 2.81 bits per heavy atom. The molecule has 1 N–H and O–H groups in total. The second-order valence-corrected chi connectivity index (χ2v) is 9.29. The third-order valence-electron chi connectivity index (χ3n) is 4.11. The van der Waals surface area contributed by atoms with Gasteiger partial charge in [-0.25, -0.2) is 13.4 Å². The Labute approximate surface area is 156 Å². The van der Waals surface area contributed by atoms with Gasteiger partial charge in [-0.3, -0.25) is 4.79 Å². The zero-order valence-corrected chi connectivity index (χ0v) is 15.8. The first kappa shape index (κ1) is 18.5. The maximum atomic E-state index is 12.0. The average molecular weight is 390 g/mol. The molecule has 1 aromatic rings. The first-order valence-corrected chi connectivity index (χ1v) is 10.8. The van der Waals surface area contributed by atoms with E-state index in [0.717, 1.165) is 5.69 Å². The number of benzene rings is 1. The van der Waals surface area contributed by atoms with Crippen molar-refractivity contribution in [2.75, 3.05) is 23.0 Å². The van der Waals surface area contributed by atoms with E-state index in [4.69, 9.17) is 5.26 Å². The maximum Gasteiger partial charge on any atom is 0.263 e. The molecule has 3 rings (SSSR count). The predicted octanol–water partition coefficient (Wildman–Crippen LogP) is 1.30. The van der Waals surface area contributed by atoms with Crippen molar-refractivity contribution in [1.82, 2.24) is 5.32 Å². The molecule has 2 atom stereocenters. The molecule has 9 heteroatoms. The van der Waals surface area contributed by atoms with Gasteiger partial charge >= 0.3 is 0 Å². The molecular weight excluding hydrogens is 372 g/mol. The highest BCUT2D eigenvalue weighted by Gasteiger charge is 2.49. The lowest BCUT2D eigenvalue weighted by atomic mass is 10.2. The Morgan fingerprint density at radius 1 is 1.42 bits per heavy atom. The summed E-state index contributed by atoms with van der Waals surface area (Å²) in [7, 11) is -3.08. The van der Waals surface area contributed by atoms with Crippen LogP contribution in [0.15, 0.2) is 47.1 Å². The summed E-state index contributed by atoms with van der Waals surface area (Å²) in [5, 5.41) is 12.2. The summed E-state index contributed by atoms with van der Waals surface area (Å²) >= 11 is 1.38. The van der Waals surface area contributed by atoms with Crippen LogP contribution in [0.5, 0.6) is 0 Å². The quantitative estimate of drug-likeness (QED) is 0.614. The number of fused-ring (bicyclic) bond motifs is 1. The van der Waals surface area contributed by atoms with E-state index in [0.29, 0.717) is 11.7 Å². The molecule has 0 unspecified atom stereocenters. The van der Waals surface area contributed by atoms with Gasteiger partial charge in [-0.2, -0.15) is 5.26 Å². The van der Waals surface area contributed by atoms with Crippen LogP contribution in [0.4, 0.5) is 5.69 Å². The minimum Gasteiger partial charge on any atom is -0.352 e. The minimum atomic E-state index is -3.08. The number of hydrogen-bond acceptors (Lipinski definition) is 6. The fourth-order valence-electron chi connectivity index (χ4n) is 2.98. The zero-order valence-electron chi connectivity index (χ0n) is 14.1. The number of hydrogen-bond donors (Lipinski definition) is 1. The molecular formula is C17H18N4O3S2. The topological polar surface area (TPSA) is 103 Å². The summed E-state index contributed by atoms with van der Waals surface area (Å²) in [6, 6.07) is 11.1. The van der Waals surface area contributed by atoms with Crippen LogP contribution in [0.3, 0.4) is 0 Å². The number of sulfone groups is 1. The summed E-state index contributed by atoms with van der Waals surface area (Å²) < 4.78 is 24.0. The van der Waals surface area contributed by atoms with E-state index >= 15 is 0 Å². The van der Waals surface area contributed by atoms with Crippen LogP contribution >= 0.6 is 11.8 Å². The van der Waals surface area contributed by atoms with Crippen LogP contribution in [-0.2, 0) is 14.6 Å². The number of amidine groups is 1. The maximum absolute atomic E-state index is 12.0. The first-order chi connectivity index (χ1) is 12.4. The Bertz CT molecular complexity index is 904. The second kappa shape index (κ2) is 7.51. The number of amides is 1. The molecule has 2 aliphatic heterocycles. The van der Waals surface area contributed by atoms with Crippen molar-refractivity contribution < 1.29 is 13.2 Å². The number of nitriles is 1. The van der Waals surface area contributed by atoms with Crippen molar-refractivity contribution in [2.24, 2.45) is 4.99 Å². The molecule has 0 saturated carbocycles. The summed E-state index contributed by atoms with van der Waals surface area (Å²) in [5.41, 5.74) is 0.755. The normalized spacial score (nSPS) is 25.8. The summed E-state index contributed by atoms with van der Waals surface area (Å²) in [4.78, 5) is 18.1. The smallest absolute Gasteiger partial charge is 0.263 e. The molecule has 0 spiro atoms. The number of rotatable bonds is 4. The molecule has 0 aromatic heterocycles. The van der Waals surface area contributed by atoms with Gasteiger partial charge in [0.15, 0.2) is 15.0 Å². The third-order valence-corrected chi connectivity index (χ3v) is 7.33. The number of thioether (sulfide) groups is 1. The molecule has 1 aromatic carbocycles. The highest BCUT2D eigenvalue weighted by Crippen LogP contribution is 2.40. The van der Waals surface area contributed by atoms with Crippen molar-refractivity contribution in [3.05, 3.63) is 42.1 Å². The Kier molecular flexibility index (Phi) is 5.34. The van der Waals surface area contributed by atoms with Gasteiger partial charge in [0.2, 0.25) is 0 Å². The van der Waals surface area contributed by atoms with Crippen molar-refractivity contribution in [1.29, 1.82) is 5.26 Å². The van der Waals surface area contributed by atoms with Gasteiger partial charge in [0.05, 0.1) is 23.7 Å². The van der Waals surface area contributed by atoms with Crippen molar-refractivity contribution >= 4 is 38.4 Å². The first-order valence-electron chi connectivity index (χ1n) is 8.13. The number of aliphatic imine (C=N–C) groups is 1. The zero-order chi connectivity index (χ0) is 18.7. The summed E-state index contributed by atoms with van der Waals surface area (Å²) in [6.07, 6.45) is 1.25. The largest absolute Gasteiger partial charge is 0.352 e. The van der Waals surface area contributed by atoms with E-state index in [1.54, 1.807) is 6.92 Å². The number of nitrogens with one attached hydrogen (secondary N) is 1. The van der Waals surface area contributed by atoms with Gasteiger partial charge in [-0.05, 0) is 19.1 Å². The molecule has 2 saturated heterocycles. The summed E-state index contributed by atoms with van der Waals surface area (Å²) in [6.45, 7) is 2.19. The summed E-state index contributed by atoms with van der Waals surface area (Å²) in [5.74, 6) is -0.295. The van der Waals surface area contributed by atoms with Gasteiger partial charge < -0.3 is 10.2 Å². The van der Waals surface area contributed by atoms with Crippen LogP contribution in [0, 0.1) is 11.3 Å². The van der Waals surface area contributed by atoms with E-state index in [1.165, 1.54) is 18.0 Å². The molecule has 1 amide bonds. The van der Waals surface area contributed by atoms with E-state index in [-0.39, 0.29) is 28.4 Å². The Morgan fingerprint density at radius 2 is 2.15 bits per heavy atom. The standard InChI is InChI=1S/C17H18N4O3S2/c1-2-19-16(22)12(8-18)9-20-17-21(13-6-4-3-5-7-13)14-10-26(23,24)11-15(14)25-17/h3-7,9,14-15H,2,10-11H2,1H3,(H,19,22)/b12-9+,20-17?/t14-,15+/m1/s1. The van der Waals surface area contributed by atoms with E-state index < -0.39 is 15.7 Å². The Balaban J connectivity index is 1.96. The van der Waals surface area contributed by atoms with Crippen LogP contribution in [0.25, 0.3) is 0 Å². The molecule has 0 aliphatic carbocycles. The number of para-hydroxylation sites is 1. The van der Waals surface area contributed by atoms with Gasteiger partial charge in [-0.15, -0.1) is 0 Å². The average Bonchev–Trinajstić information content (AvgIpc) is 3.07. The van der Waals surface area contributed by atoms with E-state index in [9.17, 15) is 13.2 Å². The van der Waals surface area contributed by atoms with Gasteiger partial charge in [0.1, 0.15) is 11.6 Å². The van der Waals surface area contributed by atoms with Gasteiger partial charge in [-0.1, -0.05) is 30.0 Å². The van der Waals surface area contributed by atoms with Crippen LogP contribution in [-0.4, -0.2) is 48.8 Å². The lowest BCUT2D eigenvalue weighted by Gasteiger charge is -2.24. The molecule has 2 heterocycles. The van der Waals surface area contributed by atoms with Crippen LogP contribution in [0.2, 0.25) is 0 Å². The van der Waals surface area contributed by atoms with E-state index in [2.05, 4.69) is 10.3 Å². The SMILES string of the molecule is CCNC(=O)/C(C#N)=C/N=C1S[C@H]2CS(=O)(=O)C[C@H]2N1c1ccccc1. The van der Waals surface area contributed by atoms with Gasteiger partial charge in [0.25, 0.3) is 5.91 Å². The number of likely N-dealkylation sites (N-methyl/N-ethyl adjacent to an activating group) is 1. The predicted molar refractivity (Wildman–Crippen MR) is 103 cm³/mol. The molecule has 2 fully saturated rings.